The monoisotopic (exact) mass is 385 g/mol. The molecule has 0 aliphatic rings. The number of nitrogens with one attached hydrogen (secondary N) is 1. The average Bonchev–Trinajstić information content (AvgIpc) is 2.86. The molecular weight excluding hydrogens is 374 g/mol. The van der Waals surface area contributed by atoms with Crippen LogP contribution in [0.3, 0.4) is 0 Å². The first-order valence-electron chi connectivity index (χ1n) is 7.18. The lowest BCUT2D eigenvalue weighted by atomic mass is 10.2. The zero-order valence-corrected chi connectivity index (χ0v) is 14.0. The summed E-state index contributed by atoms with van der Waals surface area (Å²) in [5, 5.41) is 3.95. The molecule has 5 nitrogen and oxygen atoms in total. The summed E-state index contributed by atoms with van der Waals surface area (Å²) in [5.41, 5.74) is 3.00. The molecule has 0 fully saturated rings. The molecule has 1 N–H and O–H groups in total. The van der Waals surface area contributed by atoms with E-state index in [0.717, 1.165) is 17.4 Å². The van der Waals surface area contributed by atoms with Crippen molar-refractivity contribution < 1.29 is 27.1 Å². The molecule has 0 atom stereocenters. The van der Waals surface area contributed by atoms with Gasteiger partial charge in [-0.15, -0.1) is 18.3 Å². The molecule has 0 aliphatic heterocycles. The summed E-state index contributed by atoms with van der Waals surface area (Å²) in [7, 11) is 1.65. The number of amides is 1. The zero-order valence-electron chi connectivity index (χ0n) is 13.2. The summed E-state index contributed by atoms with van der Waals surface area (Å²) < 4.78 is 56.1. The van der Waals surface area contributed by atoms with Gasteiger partial charge in [-0.1, -0.05) is 17.4 Å². The lowest BCUT2D eigenvalue weighted by Gasteiger charge is -2.08. The Morgan fingerprint density at radius 2 is 2.00 bits per heavy atom. The van der Waals surface area contributed by atoms with Crippen LogP contribution >= 0.6 is 11.3 Å². The van der Waals surface area contributed by atoms with Gasteiger partial charge in [-0.3, -0.25) is 4.79 Å². The summed E-state index contributed by atoms with van der Waals surface area (Å²) in [6.07, 6.45) is -4.78. The van der Waals surface area contributed by atoms with Gasteiger partial charge < -0.3 is 9.30 Å². The molecule has 0 saturated heterocycles. The highest BCUT2D eigenvalue weighted by molar-refractivity contribution is 7.16. The largest absolute Gasteiger partial charge is 0.573 e. The Labute approximate surface area is 148 Å². The van der Waals surface area contributed by atoms with Crippen molar-refractivity contribution in [1.82, 2.24) is 9.99 Å². The molecule has 1 heterocycles. The van der Waals surface area contributed by atoms with Crippen LogP contribution in [0.15, 0.2) is 47.6 Å². The van der Waals surface area contributed by atoms with E-state index in [1.54, 1.807) is 11.6 Å². The van der Waals surface area contributed by atoms with Gasteiger partial charge in [0.25, 0.3) is 5.91 Å². The number of aromatic nitrogens is 1. The average molecular weight is 385 g/mol. The third-order valence-electron chi connectivity index (χ3n) is 3.35. The fraction of sp³-hybridized carbons (Fsp3) is 0.125. The molecule has 3 rings (SSSR count). The lowest BCUT2D eigenvalue weighted by molar-refractivity contribution is -0.274. The second-order valence-electron chi connectivity index (χ2n) is 5.18. The second kappa shape index (κ2) is 6.79. The van der Waals surface area contributed by atoms with E-state index in [-0.39, 0.29) is 11.3 Å². The molecule has 0 bridgehead atoms. The standard InChI is InChI=1S/C16H11F4N3O2S/c1-23-12-6-5-11(25-16(18,19)20)8-13(12)26-15(23)22-21-14(24)9-3-2-4-10(17)7-9/h2-8H,1H3,(H,21,24)/b22-15+. The molecule has 0 saturated carbocycles. The summed E-state index contributed by atoms with van der Waals surface area (Å²) in [6.45, 7) is 0. The van der Waals surface area contributed by atoms with E-state index in [2.05, 4.69) is 15.3 Å². The SMILES string of the molecule is Cn1/c(=N\NC(=O)c2cccc(F)c2)sc2cc(OC(F)(F)F)ccc21. The summed E-state index contributed by atoms with van der Waals surface area (Å²) in [6, 6.07) is 8.99. The molecule has 0 unspecified atom stereocenters. The Hall–Kier alpha value is -2.88. The number of aryl methyl sites for hydroxylation is 1. The molecule has 1 amide bonds. The van der Waals surface area contributed by atoms with Crippen molar-refractivity contribution in [1.29, 1.82) is 0 Å². The number of alkyl halides is 3. The van der Waals surface area contributed by atoms with Crippen molar-refractivity contribution in [3.8, 4) is 5.75 Å². The number of thiazole rings is 1. The summed E-state index contributed by atoms with van der Waals surface area (Å²) in [4.78, 5) is 12.3. The van der Waals surface area contributed by atoms with Crippen molar-refractivity contribution in [3.63, 3.8) is 0 Å². The number of halogens is 4. The zero-order chi connectivity index (χ0) is 18.9. The fourth-order valence-electron chi connectivity index (χ4n) is 2.21. The van der Waals surface area contributed by atoms with E-state index in [1.807, 2.05) is 0 Å². The quantitative estimate of drug-likeness (QED) is 0.554. The number of carbonyl (C=O) groups is 1. The van der Waals surface area contributed by atoms with Crippen molar-refractivity contribution in [2.24, 2.45) is 12.1 Å². The molecule has 1 aromatic heterocycles. The van der Waals surface area contributed by atoms with Crippen LogP contribution in [0.2, 0.25) is 0 Å². The van der Waals surface area contributed by atoms with Crippen molar-refractivity contribution >= 4 is 27.5 Å². The van der Waals surface area contributed by atoms with E-state index in [0.29, 0.717) is 15.0 Å². The Kier molecular flexibility index (Phi) is 4.68. The number of rotatable bonds is 3. The van der Waals surface area contributed by atoms with E-state index >= 15 is 0 Å². The molecular formula is C16H11F4N3O2S. The van der Waals surface area contributed by atoms with Gasteiger partial charge in [0.1, 0.15) is 11.6 Å². The van der Waals surface area contributed by atoms with E-state index in [9.17, 15) is 22.4 Å². The Morgan fingerprint density at radius 3 is 2.69 bits per heavy atom. The van der Waals surface area contributed by atoms with Gasteiger partial charge in [-0.25, -0.2) is 9.82 Å². The van der Waals surface area contributed by atoms with Gasteiger partial charge >= 0.3 is 6.36 Å². The number of ether oxygens (including phenoxy) is 1. The number of fused-ring (bicyclic) bond motifs is 1. The van der Waals surface area contributed by atoms with Crippen LogP contribution < -0.4 is 15.0 Å². The smallest absolute Gasteiger partial charge is 0.406 e. The maximum Gasteiger partial charge on any atom is 0.573 e. The van der Waals surface area contributed by atoms with Crippen LogP contribution in [-0.4, -0.2) is 16.8 Å². The van der Waals surface area contributed by atoms with Gasteiger partial charge in [0.05, 0.1) is 10.2 Å². The summed E-state index contributed by atoms with van der Waals surface area (Å²) in [5.74, 6) is -1.51. The number of hydrogen-bond acceptors (Lipinski definition) is 4. The minimum Gasteiger partial charge on any atom is -0.406 e. The molecule has 0 radical (unpaired) electrons. The predicted molar refractivity (Wildman–Crippen MR) is 86.9 cm³/mol. The van der Waals surface area contributed by atoms with Crippen LogP contribution in [0.5, 0.6) is 5.75 Å². The number of hydrogen-bond donors (Lipinski definition) is 1. The normalized spacial score (nSPS) is 12.4. The maximum absolute atomic E-state index is 13.1. The minimum absolute atomic E-state index is 0.0957. The van der Waals surface area contributed by atoms with Crippen molar-refractivity contribution in [2.45, 2.75) is 6.36 Å². The number of nitrogens with zero attached hydrogens (tertiary/aromatic N) is 2. The van der Waals surface area contributed by atoms with E-state index < -0.39 is 18.1 Å². The van der Waals surface area contributed by atoms with Crippen LogP contribution in [-0.2, 0) is 7.05 Å². The van der Waals surface area contributed by atoms with Gasteiger partial charge in [0.15, 0.2) is 0 Å². The van der Waals surface area contributed by atoms with Gasteiger partial charge in [-0.2, -0.15) is 0 Å². The van der Waals surface area contributed by atoms with E-state index in [4.69, 9.17) is 0 Å². The van der Waals surface area contributed by atoms with Crippen LogP contribution in [0, 0.1) is 5.82 Å². The third kappa shape index (κ3) is 4.02. The molecule has 3 aromatic rings. The molecule has 136 valence electrons. The lowest BCUT2D eigenvalue weighted by Crippen LogP contribution is -2.23. The van der Waals surface area contributed by atoms with E-state index in [1.165, 1.54) is 36.4 Å². The highest BCUT2D eigenvalue weighted by Crippen LogP contribution is 2.27. The van der Waals surface area contributed by atoms with Gasteiger partial charge in [0.2, 0.25) is 4.80 Å². The van der Waals surface area contributed by atoms with Crippen LogP contribution in [0.1, 0.15) is 10.4 Å². The van der Waals surface area contributed by atoms with Gasteiger partial charge in [-0.05, 0) is 36.4 Å². The number of benzene rings is 2. The Balaban J connectivity index is 1.88. The number of carbonyl (C=O) groups excluding carboxylic acids is 1. The van der Waals surface area contributed by atoms with Crippen molar-refractivity contribution in [3.05, 3.63) is 58.6 Å². The topological polar surface area (TPSA) is 55.6 Å². The fourth-order valence-corrected chi connectivity index (χ4v) is 3.22. The van der Waals surface area contributed by atoms with Gasteiger partial charge in [0, 0.05) is 12.6 Å². The maximum atomic E-state index is 13.1. The first-order chi connectivity index (χ1) is 12.2. The summed E-state index contributed by atoms with van der Waals surface area (Å²) >= 11 is 1.06. The minimum atomic E-state index is -4.78. The highest BCUT2D eigenvalue weighted by Gasteiger charge is 2.31. The first kappa shape index (κ1) is 17.9. The first-order valence-corrected chi connectivity index (χ1v) is 7.99. The Morgan fingerprint density at radius 1 is 1.23 bits per heavy atom. The Bertz CT molecular complexity index is 1040. The molecule has 26 heavy (non-hydrogen) atoms. The molecule has 0 aliphatic carbocycles. The highest BCUT2D eigenvalue weighted by atomic mass is 32.1. The molecule has 2 aromatic carbocycles. The third-order valence-corrected chi connectivity index (χ3v) is 4.45. The van der Waals surface area contributed by atoms with Crippen molar-refractivity contribution in [2.75, 3.05) is 0 Å². The molecule has 0 spiro atoms. The predicted octanol–water partition coefficient (Wildman–Crippen LogP) is 3.52. The molecule has 10 heteroatoms. The van der Waals surface area contributed by atoms with Crippen LogP contribution in [0.4, 0.5) is 17.6 Å². The second-order valence-corrected chi connectivity index (χ2v) is 6.19. The van der Waals surface area contributed by atoms with Crippen LogP contribution in [0.25, 0.3) is 10.2 Å².